The largest absolute Gasteiger partial charge is 0.316 e. The Balaban J connectivity index is 2.15. The lowest BCUT2D eigenvalue weighted by Gasteiger charge is -2.05. The Morgan fingerprint density at radius 1 is 1.41 bits per heavy atom. The van der Waals surface area contributed by atoms with Gasteiger partial charge in [-0.15, -0.1) is 0 Å². The Labute approximate surface area is 102 Å². The zero-order valence-corrected chi connectivity index (χ0v) is 11.1. The number of hydrogen-bond acceptors (Lipinski definition) is 4. The molecule has 0 spiro atoms. The van der Waals surface area contributed by atoms with Gasteiger partial charge in [0.15, 0.2) is 0 Å². The van der Waals surface area contributed by atoms with E-state index in [4.69, 9.17) is 5.14 Å². The summed E-state index contributed by atoms with van der Waals surface area (Å²) in [5, 5.41) is 12.3. The van der Waals surface area contributed by atoms with Gasteiger partial charge in [0, 0.05) is 18.8 Å². The number of hydrogen-bond donors (Lipinski definition) is 2. The van der Waals surface area contributed by atoms with Gasteiger partial charge in [0.2, 0.25) is 10.0 Å². The van der Waals surface area contributed by atoms with Gasteiger partial charge in [-0.3, -0.25) is 4.68 Å². The summed E-state index contributed by atoms with van der Waals surface area (Å²) in [6.45, 7) is 5.98. The molecule has 3 N–H and O–H groups in total. The van der Waals surface area contributed by atoms with Gasteiger partial charge in [0.25, 0.3) is 0 Å². The fraction of sp³-hybridized carbons (Fsp3) is 0.700. The van der Waals surface area contributed by atoms with Gasteiger partial charge in [0.05, 0.1) is 11.4 Å². The van der Waals surface area contributed by atoms with Gasteiger partial charge in [-0.25, -0.2) is 13.6 Å². The molecule has 0 saturated heterocycles. The van der Waals surface area contributed by atoms with Crippen molar-refractivity contribution in [1.29, 1.82) is 0 Å². The fourth-order valence-electron chi connectivity index (χ4n) is 1.59. The number of nitrogens with zero attached hydrogens (tertiary/aromatic N) is 2. The lowest BCUT2D eigenvalue weighted by Crippen LogP contribution is -2.28. The van der Waals surface area contributed by atoms with Crippen molar-refractivity contribution in [1.82, 2.24) is 15.1 Å². The Morgan fingerprint density at radius 2 is 2.12 bits per heavy atom. The highest BCUT2D eigenvalue weighted by atomic mass is 32.2. The van der Waals surface area contributed by atoms with Crippen LogP contribution in [-0.2, 0) is 16.6 Å². The molecule has 1 rings (SSSR count). The van der Waals surface area contributed by atoms with E-state index in [9.17, 15) is 8.42 Å². The molecule has 0 radical (unpaired) electrons. The molecule has 0 aromatic carbocycles. The second kappa shape index (κ2) is 6.13. The van der Waals surface area contributed by atoms with E-state index in [0.29, 0.717) is 6.54 Å². The van der Waals surface area contributed by atoms with E-state index in [2.05, 4.69) is 10.4 Å². The molecular formula is C10H20N4O2S. The van der Waals surface area contributed by atoms with Gasteiger partial charge in [-0.2, -0.15) is 5.10 Å². The van der Waals surface area contributed by atoms with Gasteiger partial charge < -0.3 is 5.32 Å². The highest BCUT2D eigenvalue weighted by molar-refractivity contribution is 7.89. The summed E-state index contributed by atoms with van der Waals surface area (Å²) in [4.78, 5) is 0. The maximum atomic E-state index is 10.7. The lowest BCUT2D eigenvalue weighted by molar-refractivity contribution is 0.536. The van der Waals surface area contributed by atoms with Crippen LogP contribution < -0.4 is 10.5 Å². The van der Waals surface area contributed by atoms with Crippen LogP contribution in [0.5, 0.6) is 0 Å². The first-order valence-electron chi connectivity index (χ1n) is 5.61. The molecule has 6 nitrogen and oxygen atoms in total. The minimum Gasteiger partial charge on any atom is -0.316 e. The number of aromatic nitrogens is 2. The van der Waals surface area contributed by atoms with Crippen molar-refractivity contribution in [2.75, 3.05) is 18.8 Å². The molecule has 0 amide bonds. The molecule has 0 aliphatic carbocycles. The molecule has 0 unspecified atom stereocenters. The van der Waals surface area contributed by atoms with Crippen LogP contribution in [0.3, 0.4) is 0 Å². The molecule has 17 heavy (non-hydrogen) atoms. The standard InChI is InChI=1S/C10H20N4O2S/c1-9-8-10(2)14(13-9)6-3-4-12-5-7-17(11,15)16/h8,12H,3-7H2,1-2H3,(H2,11,15,16). The Kier molecular flexibility index (Phi) is 5.10. The zero-order valence-electron chi connectivity index (χ0n) is 10.3. The van der Waals surface area contributed by atoms with E-state index in [1.165, 1.54) is 0 Å². The molecule has 0 aliphatic rings. The molecule has 98 valence electrons. The number of primary sulfonamides is 1. The second-order valence-electron chi connectivity index (χ2n) is 4.12. The minimum atomic E-state index is -3.35. The van der Waals surface area contributed by atoms with Gasteiger partial charge >= 0.3 is 0 Å². The third-order valence-electron chi connectivity index (χ3n) is 2.39. The van der Waals surface area contributed by atoms with Crippen molar-refractivity contribution in [2.45, 2.75) is 26.8 Å². The molecule has 1 heterocycles. The van der Waals surface area contributed by atoms with E-state index in [0.717, 1.165) is 30.9 Å². The predicted molar refractivity (Wildman–Crippen MR) is 67.2 cm³/mol. The van der Waals surface area contributed by atoms with Gasteiger partial charge in [-0.05, 0) is 32.9 Å². The first-order valence-corrected chi connectivity index (χ1v) is 7.32. The first kappa shape index (κ1) is 14.1. The maximum absolute atomic E-state index is 10.7. The quantitative estimate of drug-likeness (QED) is 0.663. The molecule has 1 aromatic heterocycles. The third kappa shape index (κ3) is 5.81. The van der Waals surface area contributed by atoms with Gasteiger partial charge in [-0.1, -0.05) is 0 Å². The molecule has 0 fully saturated rings. The first-order chi connectivity index (χ1) is 7.88. The number of nitrogens with two attached hydrogens (primary N) is 1. The van der Waals surface area contributed by atoms with Gasteiger partial charge in [0.1, 0.15) is 0 Å². The SMILES string of the molecule is Cc1cc(C)n(CCCNCCS(N)(=O)=O)n1. The highest BCUT2D eigenvalue weighted by Crippen LogP contribution is 2.01. The summed E-state index contributed by atoms with van der Waals surface area (Å²) in [6, 6.07) is 2.04. The normalized spacial score (nSPS) is 11.9. The monoisotopic (exact) mass is 260 g/mol. The van der Waals surface area contributed by atoms with Crippen LogP contribution in [0.15, 0.2) is 6.07 Å². The van der Waals surface area contributed by atoms with Crippen molar-refractivity contribution in [3.8, 4) is 0 Å². The van der Waals surface area contributed by atoms with Crippen molar-refractivity contribution >= 4 is 10.0 Å². The Bertz CT molecular complexity index is 453. The number of sulfonamides is 1. The number of nitrogens with one attached hydrogen (secondary N) is 1. The van der Waals surface area contributed by atoms with E-state index in [1.807, 2.05) is 24.6 Å². The van der Waals surface area contributed by atoms with E-state index in [-0.39, 0.29) is 5.75 Å². The van der Waals surface area contributed by atoms with E-state index < -0.39 is 10.0 Å². The molecule has 1 aromatic rings. The molecule has 7 heteroatoms. The maximum Gasteiger partial charge on any atom is 0.210 e. The summed E-state index contributed by atoms with van der Waals surface area (Å²) in [5.74, 6) is -0.0209. The second-order valence-corrected chi connectivity index (χ2v) is 5.85. The fourth-order valence-corrected chi connectivity index (χ4v) is 2.02. The van der Waals surface area contributed by atoms with Crippen molar-refractivity contribution in [2.24, 2.45) is 5.14 Å². The summed E-state index contributed by atoms with van der Waals surface area (Å²) in [7, 11) is -3.35. The van der Waals surface area contributed by atoms with Crippen molar-refractivity contribution in [3.05, 3.63) is 17.5 Å². The molecule has 0 atom stereocenters. The van der Waals surface area contributed by atoms with Crippen LogP contribution >= 0.6 is 0 Å². The Morgan fingerprint density at radius 3 is 2.65 bits per heavy atom. The average molecular weight is 260 g/mol. The number of rotatable bonds is 7. The van der Waals surface area contributed by atoms with Crippen LogP contribution in [0, 0.1) is 13.8 Å². The summed E-state index contributed by atoms with van der Waals surface area (Å²) >= 11 is 0. The van der Waals surface area contributed by atoms with Crippen molar-refractivity contribution in [3.63, 3.8) is 0 Å². The molecular weight excluding hydrogens is 240 g/mol. The Hall–Kier alpha value is -0.920. The van der Waals surface area contributed by atoms with Crippen molar-refractivity contribution < 1.29 is 8.42 Å². The van der Waals surface area contributed by atoms with Crippen LogP contribution in [0.1, 0.15) is 17.8 Å². The lowest BCUT2D eigenvalue weighted by atomic mass is 10.4. The number of aryl methyl sites for hydroxylation is 3. The van der Waals surface area contributed by atoms with Crippen LogP contribution in [0.2, 0.25) is 0 Å². The zero-order chi connectivity index (χ0) is 12.9. The topological polar surface area (TPSA) is 90.0 Å². The molecule has 0 saturated carbocycles. The third-order valence-corrected chi connectivity index (χ3v) is 3.16. The van der Waals surface area contributed by atoms with E-state index in [1.54, 1.807) is 0 Å². The molecule has 0 aliphatic heterocycles. The van der Waals surface area contributed by atoms with Crippen LogP contribution in [0.4, 0.5) is 0 Å². The van der Waals surface area contributed by atoms with E-state index >= 15 is 0 Å². The predicted octanol–water partition coefficient (Wildman–Crippen LogP) is -0.232. The average Bonchev–Trinajstić information content (AvgIpc) is 2.49. The van der Waals surface area contributed by atoms with Crippen LogP contribution in [-0.4, -0.2) is 37.0 Å². The summed E-state index contributed by atoms with van der Waals surface area (Å²) in [6.07, 6.45) is 0.909. The summed E-state index contributed by atoms with van der Waals surface area (Å²) in [5.41, 5.74) is 2.16. The minimum absolute atomic E-state index is 0.0209. The smallest absolute Gasteiger partial charge is 0.210 e. The highest BCUT2D eigenvalue weighted by Gasteiger charge is 2.02. The molecule has 0 bridgehead atoms. The van der Waals surface area contributed by atoms with Crippen LogP contribution in [0.25, 0.3) is 0 Å². The summed E-state index contributed by atoms with van der Waals surface area (Å²) < 4.78 is 23.3.